The molecular weight excluding hydrogens is 190 g/mol. The van der Waals surface area contributed by atoms with Gasteiger partial charge < -0.3 is 9.67 Å². The van der Waals surface area contributed by atoms with E-state index in [2.05, 4.69) is 11.5 Å². The number of rotatable bonds is 4. The monoisotopic (exact) mass is 207 g/mol. The van der Waals surface area contributed by atoms with E-state index in [4.69, 9.17) is 5.11 Å². The molecule has 0 radical (unpaired) electrons. The zero-order valence-electron chi connectivity index (χ0n) is 9.45. The standard InChI is InChI=1S/C12H17NO2/c1-4-7-13-9(2)8-11(10(13)3)5-6-12(14)15/h5-6,8H,4,7H2,1-3H3,(H,14,15)/b6-5+. The van der Waals surface area contributed by atoms with Crippen LogP contribution in [0.25, 0.3) is 6.08 Å². The first-order valence-corrected chi connectivity index (χ1v) is 5.14. The van der Waals surface area contributed by atoms with E-state index in [0.29, 0.717) is 0 Å². The molecule has 82 valence electrons. The second kappa shape index (κ2) is 4.82. The number of carboxylic acid groups (broad SMARTS) is 1. The third-order valence-corrected chi connectivity index (χ3v) is 2.47. The predicted octanol–water partition coefficient (Wildman–Crippen LogP) is 2.61. The Kier molecular flexibility index (Phi) is 3.72. The van der Waals surface area contributed by atoms with E-state index >= 15 is 0 Å². The van der Waals surface area contributed by atoms with Gasteiger partial charge in [-0.05, 0) is 38.0 Å². The molecule has 0 fully saturated rings. The molecule has 1 rings (SSSR count). The first kappa shape index (κ1) is 11.6. The van der Waals surface area contributed by atoms with E-state index < -0.39 is 5.97 Å². The van der Waals surface area contributed by atoms with Crippen LogP contribution in [0.4, 0.5) is 0 Å². The van der Waals surface area contributed by atoms with Crippen LogP contribution in [-0.2, 0) is 11.3 Å². The minimum Gasteiger partial charge on any atom is -0.478 e. The molecule has 0 spiro atoms. The quantitative estimate of drug-likeness (QED) is 0.771. The summed E-state index contributed by atoms with van der Waals surface area (Å²) in [6, 6.07) is 2.02. The normalized spacial score (nSPS) is 11.1. The van der Waals surface area contributed by atoms with Gasteiger partial charge in [0, 0.05) is 24.0 Å². The van der Waals surface area contributed by atoms with Crippen LogP contribution in [0.15, 0.2) is 12.1 Å². The van der Waals surface area contributed by atoms with Gasteiger partial charge in [-0.25, -0.2) is 4.79 Å². The number of hydrogen-bond acceptors (Lipinski definition) is 1. The van der Waals surface area contributed by atoms with Gasteiger partial charge >= 0.3 is 5.97 Å². The van der Waals surface area contributed by atoms with Crippen molar-refractivity contribution < 1.29 is 9.90 Å². The third kappa shape index (κ3) is 2.72. The van der Waals surface area contributed by atoms with Crippen LogP contribution in [0.3, 0.4) is 0 Å². The molecule has 0 aromatic carbocycles. The summed E-state index contributed by atoms with van der Waals surface area (Å²) in [4.78, 5) is 10.4. The molecule has 0 aliphatic heterocycles. The van der Waals surface area contributed by atoms with E-state index in [1.54, 1.807) is 6.08 Å². The summed E-state index contributed by atoms with van der Waals surface area (Å²) in [7, 11) is 0. The zero-order chi connectivity index (χ0) is 11.4. The van der Waals surface area contributed by atoms with Crippen LogP contribution in [0.5, 0.6) is 0 Å². The van der Waals surface area contributed by atoms with Crippen LogP contribution in [0.1, 0.15) is 30.3 Å². The molecule has 0 bridgehead atoms. The largest absolute Gasteiger partial charge is 0.478 e. The molecule has 0 amide bonds. The van der Waals surface area contributed by atoms with Gasteiger partial charge in [-0.1, -0.05) is 6.92 Å². The van der Waals surface area contributed by atoms with Gasteiger partial charge in [0.15, 0.2) is 0 Å². The molecule has 0 saturated carbocycles. The zero-order valence-corrected chi connectivity index (χ0v) is 9.45. The molecule has 1 aromatic rings. The van der Waals surface area contributed by atoms with Crippen molar-refractivity contribution in [1.29, 1.82) is 0 Å². The number of nitrogens with zero attached hydrogens (tertiary/aromatic N) is 1. The van der Waals surface area contributed by atoms with Crippen molar-refractivity contribution in [2.75, 3.05) is 0 Å². The van der Waals surface area contributed by atoms with Crippen LogP contribution in [0.2, 0.25) is 0 Å². The number of hydrogen-bond donors (Lipinski definition) is 1. The average molecular weight is 207 g/mol. The fraction of sp³-hybridized carbons (Fsp3) is 0.417. The van der Waals surface area contributed by atoms with Crippen LogP contribution in [-0.4, -0.2) is 15.6 Å². The fourth-order valence-electron chi connectivity index (χ4n) is 1.73. The summed E-state index contributed by atoms with van der Waals surface area (Å²) in [5.74, 6) is -0.907. The van der Waals surface area contributed by atoms with Gasteiger partial charge in [0.1, 0.15) is 0 Å². The molecule has 1 N–H and O–H groups in total. The Balaban J connectivity index is 3.01. The van der Waals surface area contributed by atoms with Crippen LogP contribution < -0.4 is 0 Å². The molecule has 3 heteroatoms. The van der Waals surface area contributed by atoms with Gasteiger partial charge in [0.2, 0.25) is 0 Å². The first-order chi connectivity index (χ1) is 7.06. The van der Waals surface area contributed by atoms with Crippen molar-refractivity contribution in [3.05, 3.63) is 29.1 Å². The number of carbonyl (C=O) groups is 1. The smallest absolute Gasteiger partial charge is 0.328 e. The molecule has 1 heterocycles. The summed E-state index contributed by atoms with van der Waals surface area (Å²) in [6.07, 6.45) is 3.91. The summed E-state index contributed by atoms with van der Waals surface area (Å²) >= 11 is 0. The molecule has 15 heavy (non-hydrogen) atoms. The van der Waals surface area contributed by atoms with E-state index in [1.807, 2.05) is 19.9 Å². The second-order valence-electron chi connectivity index (χ2n) is 3.65. The maximum Gasteiger partial charge on any atom is 0.328 e. The minimum atomic E-state index is -0.907. The van der Waals surface area contributed by atoms with Gasteiger partial charge in [0.25, 0.3) is 0 Å². The summed E-state index contributed by atoms with van der Waals surface area (Å²) in [6.45, 7) is 7.18. The Morgan fingerprint density at radius 3 is 2.73 bits per heavy atom. The van der Waals surface area contributed by atoms with Gasteiger partial charge in [0.05, 0.1) is 0 Å². The first-order valence-electron chi connectivity index (χ1n) is 5.14. The SMILES string of the molecule is CCCn1c(C)cc(/C=C/C(=O)O)c1C. The lowest BCUT2D eigenvalue weighted by Crippen LogP contribution is -2.01. The lowest BCUT2D eigenvalue weighted by molar-refractivity contribution is -0.131. The van der Waals surface area contributed by atoms with E-state index in [0.717, 1.165) is 24.2 Å². The number of aliphatic carboxylic acids is 1. The van der Waals surface area contributed by atoms with E-state index in [1.165, 1.54) is 11.8 Å². The highest BCUT2D eigenvalue weighted by molar-refractivity contribution is 5.85. The Labute approximate surface area is 90.0 Å². The second-order valence-corrected chi connectivity index (χ2v) is 3.65. The molecule has 0 saturated heterocycles. The fourth-order valence-corrected chi connectivity index (χ4v) is 1.73. The highest BCUT2D eigenvalue weighted by atomic mass is 16.4. The lowest BCUT2D eigenvalue weighted by atomic mass is 10.2. The van der Waals surface area contributed by atoms with Crippen molar-refractivity contribution >= 4 is 12.0 Å². The Hall–Kier alpha value is -1.51. The molecule has 0 aliphatic carbocycles. The van der Waals surface area contributed by atoms with Gasteiger partial charge in [-0.15, -0.1) is 0 Å². The third-order valence-electron chi connectivity index (χ3n) is 2.47. The Morgan fingerprint density at radius 1 is 1.53 bits per heavy atom. The average Bonchev–Trinajstić information content (AvgIpc) is 2.43. The maximum absolute atomic E-state index is 10.4. The van der Waals surface area contributed by atoms with Gasteiger partial charge in [-0.3, -0.25) is 0 Å². The maximum atomic E-state index is 10.4. The minimum absolute atomic E-state index is 0.907. The highest BCUT2D eigenvalue weighted by Crippen LogP contribution is 2.16. The highest BCUT2D eigenvalue weighted by Gasteiger charge is 2.05. The van der Waals surface area contributed by atoms with Crippen molar-refractivity contribution in [2.45, 2.75) is 33.7 Å². The molecule has 3 nitrogen and oxygen atoms in total. The number of aryl methyl sites for hydroxylation is 1. The van der Waals surface area contributed by atoms with Crippen molar-refractivity contribution in [3.63, 3.8) is 0 Å². The van der Waals surface area contributed by atoms with Gasteiger partial charge in [-0.2, -0.15) is 0 Å². The number of carboxylic acids is 1. The van der Waals surface area contributed by atoms with Crippen molar-refractivity contribution in [2.24, 2.45) is 0 Å². The molecule has 0 atom stereocenters. The lowest BCUT2D eigenvalue weighted by Gasteiger charge is -2.06. The Bertz CT molecular complexity index is 389. The molecule has 1 aromatic heterocycles. The molecular formula is C12H17NO2. The van der Waals surface area contributed by atoms with E-state index in [-0.39, 0.29) is 0 Å². The van der Waals surface area contributed by atoms with Crippen molar-refractivity contribution in [1.82, 2.24) is 4.57 Å². The summed E-state index contributed by atoms with van der Waals surface area (Å²) in [5, 5.41) is 8.55. The number of aromatic nitrogens is 1. The summed E-state index contributed by atoms with van der Waals surface area (Å²) in [5.41, 5.74) is 3.30. The Morgan fingerprint density at radius 2 is 2.20 bits per heavy atom. The van der Waals surface area contributed by atoms with E-state index in [9.17, 15) is 4.79 Å². The molecule has 0 unspecified atom stereocenters. The van der Waals surface area contributed by atoms with Crippen LogP contribution >= 0.6 is 0 Å². The molecule has 0 aliphatic rings. The van der Waals surface area contributed by atoms with Crippen LogP contribution in [0, 0.1) is 13.8 Å². The predicted molar refractivity (Wildman–Crippen MR) is 60.9 cm³/mol. The topological polar surface area (TPSA) is 42.2 Å². The van der Waals surface area contributed by atoms with Crippen molar-refractivity contribution in [3.8, 4) is 0 Å². The summed E-state index contributed by atoms with van der Waals surface area (Å²) < 4.78 is 2.21.